The van der Waals surface area contributed by atoms with Crippen LogP contribution in [0, 0.1) is 5.92 Å². The van der Waals surface area contributed by atoms with E-state index >= 15 is 0 Å². The highest BCUT2D eigenvalue weighted by Crippen LogP contribution is 2.42. The van der Waals surface area contributed by atoms with Crippen LogP contribution < -0.4 is 0 Å². The lowest BCUT2D eigenvalue weighted by Crippen LogP contribution is -2.14. The van der Waals surface area contributed by atoms with E-state index in [0.29, 0.717) is 29.5 Å². The van der Waals surface area contributed by atoms with Gasteiger partial charge in [0.2, 0.25) is 0 Å². The molecule has 3 rings (SSSR count). The second-order valence-corrected chi connectivity index (χ2v) is 8.07. The summed E-state index contributed by atoms with van der Waals surface area (Å²) in [6.45, 7) is 1.89. The number of ether oxygens (including phenoxy) is 1. The Kier molecular flexibility index (Phi) is 7.55. The van der Waals surface area contributed by atoms with Crippen molar-refractivity contribution in [3.8, 4) is 0 Å². The van der Waals surface area contributed by atoms with Gasteiger partial charge in [0.1, 0.15) is 0 Å². The third-order valence-corrected chi connectivity index (χ3v) is 5.71. The number of benzene rings is 2. The second-order valence-electron chi connectivity index (χ2n) is 8.07. The molecule has 1 saturated carbocycles. The van der Waals surface area contributed by atoms with E-state index in [9.17, 15) is 31.1 Å². The molecule has 0 radical (unpaired) electrons. The number of hydrogen-bond donors (Lipinski definition) is 0. The topological polar surface area (TPSA) is 26.3 Å². The zero-order chi connectivity index (χ0) is 24.2. The van der Waals surface area contributed by atoms with Gasteiger partial charge in [-0.3, -0.25) is 0 Å². The first kappa shape index (κ1) is 24.9. The number of rotatable bonds is 5. The molecule has 2 aromatic carbocycles. The molecule has 0 heterocycles. The highest BCUT2D eigenvalue weighted by molar-refractivity contribution is 5.90. The lowest BCUT2D eigenvalue weighted by molar-refractivity contribution is -0.143. The van der Waals surface area contributed by atoms with Crippen LogP contribution in [0.1, 0.15) is 71.6 Å². The van der Waals surface area contributed by atoms with E-state index in [-0.39, 0.29) is 24.2 Å². The molecule has 0 atom stereocenters. The van der Waals surface area contributed by atoms with Crippen LogP contribution in [-0.2, 0) is 17.1 Å². The Morgan fingerprint density at radius 1 is 0.879 bits per heavy atom. The first-order valence-electron chi connectivity index (χ1n) is 10.8. The van der Waals surface area contributed by atoms with Gasteiger partial charge in [-0.25, -0.2) is 4.79 Å². The normalized spacial score (nSPS) is 16.0. The lowest BCUT2D eigenvalue weighted by Gasteiger charge is -2.26. The van der Waals surface area contributed by atoms with Crippen LogP contribution in [-0.4, -0.2) is 12.6 Å². The fourth-order valence-electron chi connectivity index (χ4n) is 4.08. The fraction of sp³-hybridized carbons (Fsp3) is 0.400. The van der Waals surface area contributed by atoms with Gasteiger partial charge >= 0.3 is 18.3 Å². The first-order valence-corrected chi connectivity index (χ1v) is 10.8. The summed E-state index contributed by atoms with van der Waals surface area (Å²) in [5.41, 5.74) is -1.41. The zero-order valence-electron chi connectivity index (χ0n) is 18.0. The highest BCUT2D eigenvalue weighted by atomic mass is 19.4. The average molecular weight is 470 g/mol. The molecule has 1 aliphatic rings. The third-order valence-electron chi connectivity index (χ3n) is 5.71. The van der Waals surface area contributed by atoms with Crippen LogP contribution in [0.4, 0.5) is 26.3 Å². The van der Waals surface area contributed by atoms with Gasteiger partial charge in [0.25, 0.3) is 0 Å². The Balaban J connectivity index is 2.11. The van der Waals surface area contributed by atoms with E-state index in [2.05, 4.69) is 0 Å². The number of carbonyl (C=O) groups is 1. The molecule has 2 nitrogen and oxygen atoms in total. The van der Waals surface area contributed by atoms with Gasteiger partial charge in [-0.15, -0.1) is 0 Å². The fourth-order valence-corrected chi connectivity index (χ4v) is 4.08. The molecule has 1 fully saturated rings. The molecule has 0 amide bonds. The Morgan fingerprint density at radius 2 is 1.42 bits per heavy atom. The molecule has 1 aliphatic carbocycles. The minimum Gasteiger partial charge on any atom is -0.462 e. The van der Waals surface area contributed by atoms with Crippen LogP contribution in [0.2, 0.25) is 0 Å². The summed E-state index contributed by atoms with van der Waals surface area (Å²) in [6, 6.07) is 7.99. The summed E-state index contributed by atoms with van der Waals surface area (Å²) in [5.74, 6) is -0.665. The summed E-state index contributed by atoms with van der Waals surface area (Å²) in [7, 11) is 0. The van der Waals surface area contributed by atoms with Gasteiger partial charge in [-0.1, -0.05) is 37.5 Å². The Bertz CT molecular complexity index is 965. The van der Waals surface area contributed by atoms with E-state index in [1.54, 1.807) is 25.1 Å². The molecule has 0 unspecified atom stereocenters. The van der Waals surface area contributed by atoms with Crippen LogP contribution in [0.25, 0.3) is 11.6 Å². The Morgan fingerprint density at radius 3 is 1.91 bits per heavy atom. The van der Waals surface area contributed by atoms with Crippen molar-refractivity contribution in [3.63, 3.8) is 0 Å². The summed E-state index contributed by atoms with van der Waals surface area (Å²) < 4.78 is 85.5. The smallest absolute Gasteiger partial charge is 0.416 e. The molecule has 33 heavy (non-hydrogen) atoms. The largest absolute Gasteiger partial charge is 0.462 e. The molecule has 0 bridgehead atoms. The molecule has 0 N–H and O–H groups in total. The van der Waals surface area contributed by atoms with Crippen molar-refractivity contribution in [2.75, 3.05) is 6.61 Å². The van der Waals surface area contributed by atoms with Gasteiger partial charge in [-0.05, 0) is 72.7 Å². The predicted octanol–water partition coefficient (Wildman–Crippen LogP) is 8.02. The number of alkyl halides is 6. The maximum Gasteiger partial charge on any atom is 0.416 e. The number of halogens is 6. The average Bonchev–Trinajstić information content (AvgIpc) is 2.77. The maximum atomic E-state index is 13.4. The van der Waals surface area contributed by atoms with Crippen molar-refractivity contribution in [3.05, 3.63) is 70.3 Å². The van der Waals surface area contributed by atoms with Crippen LogP contribution in [0.3, 0.4) is 0 Å². The van der Waals surface area contributed by atoms with E-state index in [1.807, 2.05) is 0 Å². The van der Waals surface area contributed by atoms with Gasteiger partial charge < -0.3 is 4.74 Å². The maximum absolute atomic E-state index is 13.4. The van der Waals surface area contributed by atoms with E-state index in [4.69, 9.17) is 4.74 Å². The molecule has 0 saturated heterocycles. The van der Waals surface area contributed by atoms with Gasteiger partial charge in [0.05, 0.1) is 23.3 Å². The van der Waals surface area contributed by atoms with Crippen molar-refractivity contribution in [1.82, 2.24) is 0 Å². The molecular formula is C25H24F6O2. The first-order chi connectivity index (χ1) is 15.5. The number of hydrogen-bond acceptors (Lipinski definition) is 2. The van der Waals surface area contributed by atoms with E-state index < -0.39 is 29.4 Å². The van der Waals surface area contributed by atoms with Crippen LogP contribution in [0.15, 0.2) is 42.5 Å². The van der Waals surface area contributed by atoms with Crippen molar-refractivity contribution in [1.29, 1.82) is 0 Å². The number of esters is 1. The molecule has 2 aromatic rings. The molecule has 178 valence electrons. The molecule has 8 heteroatoms. The van der Waals surface area contributed by atoms with E-state index in [0.717, 1.165) is 31.4 Å². The quantitative estimate of drug-likeness (QED) is 0.251. The summed E-state index contributed by atoms with van der Waals surface area (Å²) in [5, 5.41) is 0. The van der Waals surface area contributed by atoms with Gasteiger partial charge in [0, 0.05) is 0 Å². The highest BCUT2D eigenvalue weighted by Gasteiger charge is 2.37. The van der Waals surface area contributed by atoms with E-state index in [1.165, 1.54) is 12.1 Å². The summed E-state index contributed by atoms with van der Waals surface area (Å²) >= 11 is 0. The van der Waals surface area contributed by atoms with Crippen molar-refractivity contribution in [2.45, 2.75) is 51.4 Å². The molecule has 0 spiro atoms. The SMILES string of the molecule is CCOC(=O)c1ccc(/C=C(/c2cc(C(F)(F)F)cc(C(F)(F)F)c2)C2CCCCC2)cc1. The molecule has 0 aromatic heterocycles. The van der Waals surface area contributed by atoms with Crippen LogP contribution in [0.5, 0.6) is 0 Å². The zero-order valence-corrected chi connectivity index (χ0v) is 18.0. The molecular weight excluding hydrogens is 446 g/mol. The number of carbonyl (C=O) groups excluding carboxylic acids is 1. The lowest BCUT2D eigenvalue weighted by atomic mass is 9.79. The summed E-state index contributed by atoms with van der Waals surface area (Å²) in [4.78, 5) is 11.9. The van der Waals surface area contributed by atoms with Crippen molar-refractivity contribution in [2.24, 2.45) is 5.92 Å². The molecule has 0 aliphatic heterocycles. The third kappa shape index (κ3) is 6.39. The minimum absolute atomic E-state index is 0.0847. The predicted molar refractivity (Wildman–Crippen MR) is 113 cm³/mol. The summed E-state index contributed by atoms with van der Waals surface area (Å²) in [6.07, 6.45) is -4.13. The standard InChI is InChI=1S/C25H24F6O2/c1-2-33-23(32)18-10-8-16(9-11-18)12-22(17-6-4-3-5-7-17)19-13-20(24(26,27)28)15-21(14-19)25(29,30)31/h8-15,17H,2-7H2,1H3/b22-12+. The number of allylic oxidation sites excluding steroid dienone is 1. The second kappa shape index (κ2) is 10.0. The van der Waals surface area contributed by atoms with Crippen molar-refractivity contribution >= 4 is 17.6 Å². The van der Waals surface area contributed by atoms with Crippen molar-refractivity contribution < 1.29 is 35.9 Å². The van der Waals surface area contributed by atoms with Gasteiger partial charge in [-0.2, -0.15) is 26.3 Å². The van der Waals surface area contributed by atoms with Crippen LogP contribution >= 0.6 is 0 Å². The Labute approximate surface area is 188 Å². The Hall–Kier alpha value is -2.77. The monoisotopic (exact) mass is 470 g/mol. The van der Waals surface area contributed by atoms with Gasteiger partial charge in [0.15, 0.2) is 0 Å². The minimum atomic E-state index is -4.91.